The monoisotopic (exact) mass is 268 g/mol. The van der Waals surface area contributed by atoms with Crippen LogP contribution in [0.3, 0.4) is 0 Å². The summed E-state index contributed by atoms with van der Waals surface area (Å²) in [7, 11) is 0. The molecule has 0 aromatic carbocycles. The van der Waals surface area contributed by atoms with E-state index in [1.807, 2.05) is 4.98 Å². The Morgan fingerprint density at radius 3 is 2.32 bits per heavy atom. The molecule has 0 radical (unpaired) electrons. The topological polar surface area (TPSA) is 137 Å². The Morgan fingerprint density at radius 1 is 1.21 bits per heavy atom. The second kappa shape index (κ2) is 5.89. The molecule has 0 aliphatic heterocycles. The standard InChI is InChI=1S/C11H12N2O6/c1-5(14)6(3-10(17)18)2-8(15)7-4-9(16)13-11(19)12-7/h4,6H,2-3H2,1H3,(H,17,18)(H2,12,13,16,19)/t6-/m0/s1. The van der Waals surface area contributed by atoms with Crippen molar-refractivity contribution in [2.45, 2.75) is 19.8 Å². The molecular weight excluding hydrogens is 256 g/mol. The van der Waals surface area contributed by atoms with Crippen LogP contribution in [0.5, 0.6) is 0 Å². The number of ketones is 2. The number of carboxylic acids is 1. The van der Waals surface area contributed by atoms with Gasteiger partial charge in [0.15, 0.2) is 5.78 Å². The van der Waals surface area contributed by atoms with Gasteiger partial charge < -0.3 is 10.1 Å². The number of hydrogen-bond acceptors (Lipinski definition) is 5. The summed E-state index contributed by atoms with van der Waals surface area (Å²) < 4.78 is 0. The maximum Gasteiger partial charge on any atom is 0.326 e. The molecular formula is C11H12N2O6. The van der Waals surface area contributed by atoms with Crippen LogP contribution in [-0.4, -0.2) is 32.6 Å². The second-order valence-electron chi connectivity index (χ2n) is 4.03. The summed E-state index contributed by atoms with van der Waals surface area (Å²) in [5.74, 6) is -3.28. The Labute approximate surface area is 106 Å². The van der Waals surface area contributed by atoms with Gasteiger partial charge >= 0.3 is 11.7 Å². The highest BCUT2D eigenvalue weighted by atomic mass is 16.4. The molecule has 0 spiro atoms. The van der Waals surface area contributed by atoms with Crippen molar-refractivity contribution in [3.05, 3.63) is 32.6 Å². The molecule has 1 heterocycles. The van der Waals surface area contributed by atoms with E-state index in [1.165, 1.54) is 6.92 Å². The highest BCUT2D eigenvalue weighted by molar-refractivity contribution is 5.97. The second-order valence-corrected chi connectivity index (χ2v) is 4.03. The van der Waals surface area contributed by atoms with Crippen LogP contribution in [0.2, 0.25) is 0 Å². The number of rotatable bonds is 6. The summed E-state index contributed by atoms with van der Waals surface area (Å²) in [6, 6.07) is 0.891. The van der Waals surface area contributed by atoms with E-state index in [0.717, 1.165) is 6.07 Å². The molecule has 0 aliphatic carbocycles. The number of carbonyl (C=O) groups is 3. The normalized spacial score (nSPS) is 11.8. The highest BCUT2D eigenvalue weighted by Gasteiger charge is 2.22. The van der Waals surface area contributed by atoms with Gasteiger partial charge in [0.25, 0.3) is 5.56 Å². The van der Waals surface area contributed by atoms with E-state index in [1.54, 1.807) is 0 Å². The largest absolute Gasteiger partial charge is 0.481 e. The summed E-state index contributed by atoms with van der Waals surface area (Å²) in [6.07, 6.45) is -0.852. The van der Waals surface area contributed by atoms with Gasteiger partial charge in [-0.1, -0.05) is 0 Å². The first-order valence-corrected chi connectivity index (χ1v) is 5.38. The molecule has 1 rings (SSSR count). The minimum atomic E-state index is -1.20. The lowest BCUT2D eigenvalue weighted by Crippen LogP contribution is -2.26. The van der Waals surface area contributed by atoms with Crippen LogP contribution in [0.15, 0.2) is 15.7 Å². The molecule has 8 heteroatoms. The van der Waals surface area contributed by atoms with Gasteiger partial charge in [-0.05, 0) is 6.92 Å². The third-order valence-corrected chi connectivity index (χ3v) is 2.49. The molecule has 102 valence electrons. The number of carbonyl (C=O) groups excluding carboxylic acids is 2. The zero-order chi connectivity index (χ0) is 14.6. The number of H-pyrrole nitrogens is 2. The van der Waals surface area contributed by atoms with Crippen LogP contribution >= 0.6 is 0 Å². The lowest BCUT2D eigenvalue weighted by atomic mass is 9.94. The Hall–Kier alpha value is -2.51. The van der Waals surface area contributed by atoms with Gasteiger partial charge in [0, 0.05) is 18.4 Å². The van der Waals surface area contributed by atoms with Crippen molar-refractivity contribution < 1.29 is 19.5 Å². The molecule has 1 aromatic rings. The van der Waals surface area contributed by atoms with Crippen LogP contribution in [0.25, 0.3) is 0 Å². The number of aromatic amines is 2. The van der Waals surface area contributed by atoms with Crippen LogP contribution < -0.4 is 11.2 Å². The van der Waals surface area contributed by atoms with E-state index < -0.39 is 41.1 Å². The minimum absolute atomic E-state index is 0.245. The molecule has 0 bridgehead atoms. The smallest absolute Gasteiger partial charge is 0.326 e. The average Bonchev–Trinajstić information content (AvgIpc) is 2.25. The van der Waals surface area contributed by atoms with Crippen molar-refractivity contribution >= 4 is 17.5 Å². The minimum Gasteiger partial charge on any atom is -0.481 e. The van der Waals surface area contributed by atoms with E-state index in [9.17, 15) is 24.0 Å². The highest BCUT2D eigenvalue weighted by Crippen LogP contribution is 2.13. The maximum absolute atomic E-state index is 11.8. The summed E-state index contributed by atoms with van der Waals surface area (Å²) in [4.78, 5) is 59.6. The van der Waals surface area contributed by atoms with E-state index in [0.29, 0.717) is 0 Å². The van der Waals surface area contributed by atoms with Crippen molar-refractivity contribution in [3.8, 4) is 0 Å². The number of carboxylic acid groups (broad SMARTS) is 1. The van der Waals surface area contributed by atoms with E-state index in [-0.39, 0.29) is 12.1 Å². The molecule has 0 fully saturated rings. The lowest BCUT2D eigenvalue weighted by molar-refractivity contribution is -0.140. The maximum atomic E-state index is 11.8. The molecule has 0 saturated heterocycles. The number of aromatic nitrogens is 2. The molecule has 19 heavy (non-hydrogen) atoms. The van der Waals surface area contributed by atoms with E-state index in [2.05, 4.69) is 4.98 Å². The van der Waals surface area contributed by atoms with Crippen LogP contribution in [0, 0.1) is 5.92 Å². The van der Waals surface area contributed by atoms with Crippen molar-refractivity contribution in [2.24, 2.45) is 5.92 Å². The third kappa shape index (κ3) is 4.34. The van der Waals surface area contributed by atoms with E-state index >= 15 is 0 Å². The van der Waals surface area contributed by atoms with Crippen molar-refractivity contribution in [1.82, 2.24) is 9.97 Å². The molecule has 8 nitrogen and oxygen atoms in total. The number of Topliss-reactive ketones (excluding diaryl/α,β-unsaturated/α-hetero) is 2. The third-order valence-electron chi connectivity index (χ3n) is 2.49. The molecule has 1 aromatic heterocycles. The molecule has 0 saturated carbocycles. The zero-order valence-electron chi connectivity index (χ0n) is 10.1. The SMILES string of the molecule is CC(=O)[C@H](CC(=O)O)CC(=O)c1cc(=O)[nH]c(=O)[nH]1. The van der Waals surface area contributed by atoms with Gasteiger partial charge in [-0.15, -0.1) is 0 Å². The van der Waals surface area contributed by atoms with Gasteiger partial charge in [0.2, 0.25) is 0 Å². The first-order chi connectivity index (χ1) is 8.79. The van der Waals surface area contributed by atoms with Gasteiger partial charge in [-0.3, -0.25) is 24.2 Å². The summed E-state index contributed by atoms with van der Waals surface area (Å²) in [5.41, 5.74) is -1.83. The summed E-state index contributed by atoms with van der Waals surface area (Å²) in [6.45, 7) is 1.18. The predicted molar refractivity (Wildman–Crippen MR) is 63.1 cm³/mol. The first kappa shape index (κ1) is 14.6. The first-order valence-electron chi connectivity index (χ1n) is 5.38. The molecule has 1 atom stereocenters. The molecule has 3 N–H and O–H groups in total. The Kier molecular flexibility index (Phi) is 4.51. The van der Waals surface area contributed by atoms with Crippen LogP contribution in [-0.2, 0) is 9.59 Å². The lowest BCUT2D eigenvalue weighted by Gasteiger charge is -2.09. The fourth-order valence-electron chi connectivity index (χ4n) is 1.52. The van der Waals surface area contributed by atoms with Crippen molar-refractivity contribution in [2.75, 3.05) is 0 Å². The number of aliphatic carboxylic acids is 1. The molecule has 0 aliphatic rings. The average molecular weight is 268 g/mol. The predicted octanol–water partition coefficient (Wildman–Crippen LogP) is -0.684. The van der Waals surface area contributed by atoms with Gasteiger partial charge in [-0.25, -0.2) is 4.79 Å². The Bertz CT molecular complexity index is 598. The molecule has 0 unspecified atom stereocenters. The summed E-state index contributed by atoms with van der Waals surface area (Å²) >= 11 is 0. The van der Waals surface area contributed by atoms with Gasteiger partial charge in [0.05, 0.1) is 12.1 Å². The van der Waals surface area contributed by atoms with Crippen LogP contribution in [0.1, 0.15) is 30.3 Å². The zero-order valence-corrected chi connectivity index (χ0v) is 10.1. The van der Waals surface area contributed by atoms with Gasteiger partial charge in [0.1, 0.15) is 5.78 Å². The van der Waals surface area contributed by atoms with Crippen LogP contribution in [0.4, 0.5) is 0 Å². The Balaban J connectivity index is 2.93. The van der Waals surface area contributed by atoms with E-state index in [4.69, 9.17) is 5.11 Å². The number of nitrogens with one attached hydrogen (secondary N) is 2. The fraction of sp³-hybridized carbons (Fsp3) is 0.364. The number of hydrogen-bond donors (Lipinski definition) is 3. The van der Waals surface area contributed by atoms with Crippen molar-refractivity contribution in [1.29, 1.82) is 0 Å². The van der Waals surface area contributed by atoms with Gasteiger partial charge in [-0.2, -0.15) is 0 Å². The molecule has 0 amide bonds. The Morgan fingerprint density at radius 2 is 1.84 bits per heavy atom. The summed E-state index contributed by atoms with van der Waals surface area (Å²) in [5, 5.41) is 8.63. The quantitative estimate of drug-likeness (QED) is 0.584. The van der Waals surface area contributed by atoms with Crippen molar-refractivity contribution in [3.63, 3.8) is 0 Å². The fourth-order valence-corrected chi connectivity index (χ4v) is 1.52.